The van der Waals surface area contributed by atoms with E-state index in [-0.39, 0.29) is 6.09 Å². The van der Waals surface area contributed by atoms with E-state index in [2.05, 4.69) is 15.5 Å². The molecule has 0 aliphatic rings. The minimum absolute atomic E-state index is 0.314. The monoisotopic (exact) mass is 312 g/mol. The van der Waals surface area contributed by atoms with Crippen LogP contribution in [0.5, 0.6) is 0 Å². The number of aromatic nitrogens is 2. The van der Waals surface area contributed by atoms with Crippen LogP contribution in [-0.2, 0) is 16.0 Å². The molecule has 0 atom stereocenters. The third-order valence-electron chi connectivity index (χ3n) is 3.03. The highest BCUT2D eigenvalue weighted by atomic mass is 16.6. The number of nitrogens with zero attached hydrogens (tertiary/aromatic N) is 2. The maximum atomic E-state index is 12.1. The van der Waals surface area contributed by atoms with Crippen LogP contribution in [0.4, 0.5) is 4.79 Å². The predicted molar refractivity (Wildman–Crippen MR) is 84.7 cm³/mol. The summed E-state index contributed by atoms with van der Waals surface area (Å²) < 4.78 is 10.5. The third-order valence-corrected chi connectivity index (χ3v) is 3.03. The molecule has 7 nitrogen and oxygen atoms in total. The van der Waals surface area contributed by atoms with E-state index in [4.69, 9.17) is 9.47 Å². The van der Waals surface area contributed by atoms with Gasteiger partial charge in [0.25, 0.3) is 0 Å². The molecule has 0 saturated heterocycles. The van der Waals surface area contributed by atoms with Crippen molar-refractivity contribution in [3.8, 4) is 0 Å². The molecule has 1 aromatic heterocycles. The van der Waals surface area contributed by atoms with E-state index in [9.17, 15) is 4.79 Å². The normalized spacial score (nSPS) is 11.5. The fourth-order valence-electron chi connectivity index (χ4n) is 1.81. The minimum Gasteiger partial charge on any atom is -0.444 e. The summed E-state index contributed by atoms with van der Waals surface area (Å²) in [5, 5.41) is 10.2. The van der Waals surface area contributed by atoms with E-state index in [0.717, 1.165) is 17.8 Å². The molecule has 0 bridgehead atoms. The largest absolute Gasteiger partial charge is 0.444 e. The second-order valence-electron chi connectivity index (χ2n) is 6.16. The molecule has 7 heteroatoms. The number of nitrogens with one attached hydrogen (secondary N) is 2. The van der Waals surface area contributed by atoms with Crippen molar-refractivity contribution < 1.29 is 14.3 Å². The van der Waals surface area contributed by atoms with Crippen molar-refractivity contribution in [2.45, 2.75) is 39.8 Å². The molecule has 1 heterocycles. The van der Waals surface area contributed by atoms with Crippen LogP contribution in [0, 0.1) is 6.92 Å². The highest BCUT2D eigenvalue weighted by molar-refractivity contribution is 5.68. The molecule has 0 fully saturated rings. The molecule has 1 aromatic rings. The van der Waals surface area contributed by atoms with Crippen molar-refractivity contribution in [3.05, 3.63) is 17.5 Å². The van der Waals surface area contributed by atoms with E-state index in [1.54, 1.807) is 18.2 Å². The smallest absolute Gasteiger partial charge is 0.410 e. The Kier molecular flexibility index (Phi) is 7.34. The molecule has 0 spiro atoms. The number of aromatic amines is 1. The fraction of sp³-hybridized carbons (Fsp3) is 0.733. The number of hydrogen-bond donors (Lipinski definition) is 2. The summed E-state index contributed by atoms with van der Waals surface area (Å²) in [7, 11) is 1.62. The first-order valence-electron chi connectivity index (χ1n) is 7.50. The highest BCUT2D eigenvalue weighted by Crippen LogP contribution is 2.09. The van der Waals surface area contributed by atoms with Crippen molar-refractivity contribution in [3.63, 3.8) is 0 Å². The van der Waals surface area contributed by atoms with Crippen LogP contribution < -0.4 is 5.32 Å². The van der Waals surface area contributed by atoms with Crippen molar-refractivity contribution >= 4 is 6.09 Å². The Morgan fingerprint density at radius 3 is 2.68 bits per heavy atom. The van der Waals surface area contributed by atoms with Gasteiger partial charge in [0.1, 0.15) is 5.60 Å². The van der Waals surface area contributed by atoms with Crippen LogP contribution >= 0.6 is 0 Å². The molecule has 0 radical (unpaired) electrons. The number of H-pyrrole nitrogens is 1. The summed E-state index contributed by atoms with van der Waals surface area (Å²) in [5.74, 6) is 0. The van der Waals surface area contributed by atoms with E-state index < -0.39 is 5.60 Å². The Balaban J connectivity index is 2.40. The predicted octanol–water partition coefficient (Wildman–Crippen LogP) is 1.69. The van der Waals surface area contributed by atoms with Gasteiger partial charge in [0.2, 0.25) is 0 Å². The molecule has 22 heavy (non-hydrogen) atoms. The summed E-state index contributed by atoms with van der Waals surface area (Å²) >= 11 is 0. The molecule has 0 aromatic carbocycles. The molecular weight excluding hydrogens is 284 g/mol. The van der Waals surface area contributed by atoms with Crippen LogP contribution in [0.2, 0.25) is 0 Å². The lowest BCUT2D eigenvalue weighted by Crippen LogP contribution is -2.42. The highest BCUT2D eigenvalue weighted by Gasteiger charge is 2.21. The van der Waals surface area contributed by atoms with E-state index in [1.807, 2.05) is 27.7 Å². The van der Waals surface area contributed by atoms with Gasteiger partial charge < -0.3 is 19.7 Å². The van der Waals surface area contributed by atoms with Crippen LogP contribution in [0.1, 0.15) is 32.0 Å². The van der Waals surface area contributed by atoms with Gasteiger partial charge in [-0.1, -0.05) is 0 Å². The Morgan fingerprint density at radius 2 is 2.14 bits per heavy atom. The Morgan fingerprint density at radius 1 is 1.41 bits per heavy atom. The van der Waals surface area contributed by atoms with Gasteiger partial charge in [-0.25, -0.2) is 4.79 Å². The van der Waals surface area contributed by atoms with E-state index in [0.29, 0.717) is 26.2 Å². The van der Waals surface area contributed by atoms with Gasteiger partial charge in [-0.3, -0.25) is 5.10 Å². The lowest BCUT2D eigenvalue weighted by Gasteiger charge is -2.27. The maximum absolute atomic E-state index is 12.1. The topological polar surface area (TPSA) is 79.5 Å². The molecule has 2 N–H and O–H groups in total. The van der Waals surface area contributed by atoms with Crippen LogP contribution in [-0.4, -0.2) is 60.1 Å². The SMILES string of the molecule is COCCN(CCNCc1cn[nH]c1C)C(=O)OC(C)(C)C. The molecule has 0 unspecified atom stereocenters. The Hall–Kier alpha value is -1.60. The summed E-state index contributed by atoms with van der Waals surface area (Å²) in [6, 6.07) is 0. The van der Waals surface area contributed by atoms with E-state index >= 15 is 0 Å². The van der Waals surface area contributed by atoms with E-state index in [1.165, 1.54) is 0 Å². The number of amides is 1. The average molecular weight is 312 g/mol. The summed E-state index contributed by atoms with van der Waals surface area (Å²) in [5.41, 5.74) is 1.68. The fourth-order valence-corrected chi connectivity index (χ4v) is 1.81. The number of rotatable bonds is 8. The molecule has 0 aliphatic heterocycles. The number of carbonyl (C=O) groups is 1. The molecule has 0 aliphatic carbocycles. The third kappa shape index (κ3) is 6.91. The van der Waals surface area contributed by atoms with Crippen molar-refractivity contribution in [1.29, 1.82) is 0 Å². The summed E-state index contributed by atoms with van der Waals surface area (Å²) in [4.78, 5) is 13.8. The number of ether oxygens (including phenoxy) is 2. The average Bonchev–Trinajstić information content (AvgIpc) is 2.81. The van der Waals surface area contributed by atoms with Gasteiger partial charge in [0, 0.05) is 44.5 Å². The Bertz CT molecular complexity index is 454. The minimum atomic E-state index is -0.496. The molecule has 0 saturated carbocycles. The first-order chi connectivity index (χ1) is 10.3. The zero-order chi connectivity index (χ0) is 16.6. The first-order valence-corrected chi connectivity index (χ1v) is 7.50. The molecule has 1 rings (SSSR count). The van der Waals surface area contributed by atoms with Gasteiger partial charge in [-0.15, -0.1) is 0 Å². The zero-order valence-corrected chi connectivity index (χ0v) is 14.2. The maximum Gasteiger partial charge on any atom is 0.410 e. The molecular formula is C15H28N4O3. The van der Waals surface area contributed by atoms with Gasteiger partial charge in [0.15, 0.2) is 0 Å². The van der Waals surface area contributed by atoms with Gasteiger partial charge in [0.05, 0.1) is 12.8 Å². The zero-order valence-electron chi connectivity index (χ0n) is 14.2. The quantitative estimate of drug-likeness (QED) is 0.714. The number of methoxy groups -OCH3 is 1. The van der Waals surface area contributed by atoms with Crippen molar-refractivity contribution in [1.82, 2.24) is 20.4 Å². The second-order valence-corrected chi connectivity index (χ2v) is 6.16. The Labute approximate surface area is 132 Å². The standard InChI is InChI=1S/C15H28N4O3/c1-12-13(11-17-18-12)10-16-6-7-19(8-9-21-5)14(20)22-15(2,3)4/h11,16H,6-10H2,1-5H3,(H,17,18). The van der Waals surface area contributed by atoms with Crippen molar-refractivity contribution in [2.24, 2.45) is 0 Å². The number of carbonyl (C=O) groups excluding carboxylic acids is 1. The number of aryl methyl sites for hydroxylation is 1. The lowest BCUT2D eigenvalue weighted by molar-refractivity contribution is 0.0204. The second kappa shape index (κ2) is 8.75. The lowest BCUT2D eigenvalue weighted by atomic mass is 10.2. The van der Waals surface area contributed by atoms with Crippen LogP contribution in [0.3, 0.4) is 0 Å². The van der Waals surface area contributed by atoms with Gasteiger partial charge in [-0.2, -0.15) is 5.10 Å². The summed E-state index contributed by atoms with van der Waals surface area (Å²) in [6.07, 6.45) is 1.49. The molecule has 126 valence electrons. The molecule has 1 amide bonds. The van der Waals surface area contributed by atoms with Crippen LogP contribution in [0.15, 0.2) is 6.20 Å². The van der Waals surface area contributed by atoms with Gasteiger partial charge in [-0.05, 0) is 27.7 Å². The summed E-state index contributed by atoms with van der Waals surface area (Å²) in [6.45, 7) is 10.5. The van der Waals surface area contributed by atoms with Gasteiger partial charge >= 0.3 is 6.09 Å². The number of hydrogen-bond acceptors (Lipinski definition) is 5. The van der Waals surface area contributed by atoms with Crippen LogP contribution in [0.25, 0.3) is 0 Å². The first kappa shape index (κ1) is 18.4. The van der Waals surface area contributed by atoms with Crippen molar-refractivity contribution in [2.75, 3.05) is 33.4 Å².